The van der Waals surface area contributed by atoms with Gasteiger partial charge in [0.2, 0.25) is 0 Å². The second-order valence-corrected chi connectivity index (χ2v) is 5.83. The summed E-state index contributed by atoms with van der Waals surface area (Å²) in [5, 5.41) is 13.5. The van der Waals surface area contributed by atoms with Crippen molar-refractivity contribution in [1.82, 2.24) is 0 Å². The fourth-order valence-corrected chi connectivity index (χ4v) is 2.98. The fourth-order valence-electron chi connectivity index (χ4n) is 2.98. The summed E-state index contributed by atoms with van der Waals surface area (Å²) in [5.41, 5.74) is 2.05. The minimum Gasteiger partial charge on any atom is -0.478 e. The number of carboxylic acids is 1. The zero-order valence-corrected chi connectivity index (χ0v) is 13.4. The Hall–Kier alpha value is -3.57. The maximum Gasteiger partial charge on any atom is 0.335 e. The SMILES string of the molecule is O=C(O)c1ccc(C#Cc2c3ccccc3cc3ccccc23)cc1. The molecule has 0 bridgehead atoms. The Balaban J connectivity index is 1.89. The van der Waals surface area contributed by atoms with Gasteiger partial charge in [0.1, 0.15) is 0 Å². The highest BCUT2D eigenvalue weighted by Crippen LogP contribution is 2.27. The Morgan fingerprint density at radius 3 is 1.84 bits per heavy atom. The Morgan fingerprint density at radius 1 is 0.720 bits per heavy atom. The van der Waals surface area contributed by atoms with E-state index in [2.05, 4.69) is 42.2 Å². The van der Waals surface area contributed by atoms with Gasteiger partial charge in [0, 0.05) is 11.1 Å². The lowest BCUT2D eigenvalue weighted by atomic mass is 9.97. The average Bonchev–Trinajstić information content (AvgIpc) is 2.65. The van der Waals surface area contributed by atoms with Gasteiger partial charge in [-0.15, -0.1) is 0 Å². The van der Waals surface area contributed by atoms with E-state index in [9.17, 15) is 4.79 Å². The van der Waals surface area contributed by atoms with Crippen LogP contribution in [0.5, 0.6) is 0 Å². The van der Waals surface area contributed by atoms with Crippen LogP contribution in [0.2, 0.25) is 0 Å². The first-order chi connectivity index (χ1) is 12.2. The molecule has 4 aromatic carbocycles. The lowest BCUT2D eigenvalue weighted by molar-refractivity contribution is 0.0697. The smallest absolute Gasteiger partial charge is 0.335 e. The van der Waals surface area contributed by atoms with Crippen molar-refractivity contribution in [2.45, 2.75) is 0 Å². The Morgan fingerprint density at radius 2 is 1.28 bits per heavy atom. The first-order valence-corrected chi connectivity index (χ1v) is 7.98. The van der Waals surface area contributed by atoms with E-state index in [1.165, 1.54) is 0 Å². The molecule has 0 unspecified atom stereocenters. The molecule has 0 radical (unpaired) electrons. The summed E-state index contributed by atoms with van der Waals surface area (Å²) in [6.45, 7) is 0. The predicted octanol–water partition coefficient (Wildman–Crippen LogP) is 5.09. The molecular formula is C23H14O2. The molecule has 4 rings (SSSR count). The summed E-state index contributed by atoms with van der Waals surface area (Å²) in [7, 11) is 0. The van der Waals surface area contributed by atoms with Gasteiger partial charge in [0.15, 0.2) is 0 Å². The van der Waals surface area contributed by atoms with Crippen LogP contribution < -0.4 is 0 Å². The van der Waals surface area contributed by atoms with Crippen LogP contribution in [-0.4, -0.2) is 11.1 Å². The Bertz CT molecular complexity index is 1110. The summed E-state index contributed by atoms with van der Waals surface area (Å²) >= 11 is 0. The van der Waals surface area contributed by atoms with E-state index in [1.54, 1.807) is 24.3 Å². The lowest BCUT2D eigenvalue weighted by Crippen LogP contribution is -1.94. The van der Waals surface area contributed by atoms with E-state index in [1.807, 2.05) is 24.3 Å². The third-order valence-corrected chi connectivity index (χ3v) is 4.23. The number of aromatic carboxylic acids is 1. The van der Waals surface area contributed by atoms with E-state index >= 15 is 0 Å². The van der Waals surface area contributed by atoms with Crippen molar-refractivity contribution < 1.29 is 9.90 Å². The highest BCUT2D eigenvalue weighted by molar-refractivity contribution is 6.04. The molecule has 0 aliphatic carbocycles. The van der Waals surface area contributed by atoms with E-state index in [-0.39, 0.29) is 5.56 Å². The average molecular weight is 322 g/mol. The largest absolute Gasteiger partial charge is 0.478 e. The molecule has 1 N–H and O–H groups in total. The van der Waals surface area contributed by atoms with Crippen LogP contribution in [0.25, 0.3) is 21.5 Å². The predicted molar refractivity (Wildman–Crippen MR) is 101 cm³/mol. The van der Waals surface area contributed by atoms with Crippen LogP contribution in [0.15, 0.2) is 78.9 Å². The maximum atomic E-state index is 10.9. The molecule has 0 spiro atoms. The molecule has 0 aliphatic rings. The van der Waals surface area contributed by atoms with Crippen LogP contribution in [-0.2, 0) is 0 Å². The molecule has 2 heteroatoms. The number of benzene rings is 4. The monoisotopic (exact) mass is 322 g/mol. The zero-order valence-electron chi connectivity index (χ0n) is 13.4. The summed E-state index contributed by atoms with van der Waals surface area (Å²) in [6.07, 6.45) is 0. The quantitative estimate of drug-likeness (QED) is 0.391. The Labute approximate surface area is 145 Å². The van der Waals surface area contributed by atoms with Crippen LogP contribution >= 0.6 is 0 Å². The van der Waals surface area contributed by atoms with Gasteiger partial charge >= 0.3 is 5.97 Å². The van der Waals surface area contributed by atoms with Crippen molar-refractivity contribution in [3.8, 4) is 11.8 Å². The number of hydrogen-bond donors (Lipinski definition) is 1. The molecule has 0 aromatic heterocycles. The molecule has 0 saturated heterocycles. The molecule has 2 nitrogen and oxygen atoms in total. The molecule has 0 atom stereocenters. The number of hydrogen-bond acceptors (Lipinski definition) is 1. The topological polar surface area (TPSA) is 37.3 Å². The van der Waals surface area contributed by atoms with Gasteiger partial charge in [-0.3, -0.25) is 0 Å². The minimum absolute atomic E-state index is 0.265. The van der Waals surface area contributed by atoms with Crippen molar-refractivity contribution in [2.24, 2.45) is 0 Å². The van der Waals surface area contributed by atoms with Crippen molar-refractivity contribution in [2.75, 3.05) is 0 Å². The summed E-state index contributed by atoms with van der Waals surface area (Å²) in [6, 6.07) is 25.2. The van der Waals surface area contributed by atoms with E-state index < -0.39 is 5.97 Å². The Kier molecular flexibility index (Phi) is 3.68. The third-order valence-electron chi connectivity index (χ3n) is 4.23. The van der Waals surface area contributed by atoms with Gasteiger partial charge in [-0.25, -0.2) is 4.79 Å². The first-order valence-electron chi connectivity index (χ1n) is 7.98. The lowest BCUT2D eigenvalue weighted by Gasteiger charge is -2.06. The van der Waals surface area contributed by atoms with Gasteiger partial charge in [0.25, 0.3) is 0 Å². The van der Waals surface area contributed by atoms with E-state index in [0.29, 0.717) is 0 Å². The van der Waals surface area contributed by atoms with Gasteiger partial charge < -0.3 is 5.11 Å². The number of carbonyl (C=O) groups is 1. The van der Waals surface area contributed by atoms with Gasteiger partial charge in [-0.1, -0.05) is 60.4 Å². The van der Waals surface area contributed by atoms with Crippen LogP contribution in [0.1, 0.15) is 21.5 Å². The van der Waals surface area contributed by atoms with Gasteiger partial charge in [-0.2, -0.15) is 0 Å². The van der Waals surface area contributed by atoms with Crippen LogP contribution in [0.4, 0.5) is 0 Å². The molecule has 118 valence electrons. The second kappa shape index (κ2) is 6.14. The molecule has 0 amide bonds. The van der Waals surface area contributed by atoms with Crippen molar-refractivity contribution in [3.05, 3.63) is 95.6 Å². The molecule has 4 aromatic rings. The molecular weight excluding hydrogens is 308 g/mol. The normalized spacial score (nSPS) is 10.4. The van der Waals surface area contributed by atoms with Crippen molar-refractivity contribution in [1.29, 1.82) is 0 Å². The highest BCUT2D eigenvalue weighted by atomic mass is 16.4. The second-order valence-electron chi connectivity index (χ2n) is 5.83. The van der Waals surface area contributed by atoms with Crippen LogP contribution in [0.3, 0.4) is 0 Å². The fraction of sp³-hybridized carbons (Fsp3) is 0. The minimum atomic E-state index is -0.931. The molecule has 0 saturated carbocycles. The van der Waals surface area contributed by atoms with Crippen molar-refractivity contribution >= 4 is 27.5 Å². The maximum absolute atomic E-state index is 10.9. The molecule has 0 fully saturated rings. The standard InChI is InChI=1S/C23H14O2/c24-23(25)17-12-9-16(10-13-17)11-14-22-20-7-3-1-5-18(20)15-19-6-2-4-8-21(19)22/h1-10,12-13,15H,(H,24,25). The summed E-state index contributed by atoms with van der Waals surface area (Å²) in [4.78, 5) is 10.9. The summed E-state index contributed by atoms with van der Waals surface area (Å²) < 4.78 is 0. The number of carboxylic acid groups (broad SMARTS) is 1. The first kappa shape index (κ1) is 15.0. The number of fused-ring (bicyclic) bond motifs is 2. The number of rotatable bonds is 1. The van der Waals surface area contributed by atoms with Crippen molar-refractivity contribution in [3.63, 3.8) is 0 Å². The highest BCUT2D eigenvalue weighted by Gasteiger charge is 2.05. The molecule has 0 heterocycles. The third kappa shape index (κ3) is 2.84. The van der Waals surface area contributed by atoms with E-state index in [4.69, 9.17) is 5.11 Å². The summed E-state index contributed by atoms with van der Waals surface area (Å²) in [5.74, 6) is 5.54. The molecule has 0 aliphatic heterocycles. The van der Waals surface area contributed by atoms with Gasteiger partial charge in [0.05, 0.1) is 5.56 Å². The van der Waals surface area contributed by atoms with E-state index in [0.717, 1.165) is 32.7 Å². The van der Waals surface area contributed by atoms with Gasteiger partial charge in [-0.05, 0) is 51.9 Å². The zero-order chi connectivity index (χ0) is 17.2. The molecule has 25 heavy (non-hydrogen) atoms. The van der Waals surface area contributed by atoms with Crippen LogP contribution in [0, 0.1) is 11.8 Å².